The van der Waals surface area contributed by atoms with Crippen molar-refractivity contribution < 1.29 is 14.3 Å². The Labute approximate surface area is 86.6 Å². The summed E-state index contributed by atoms with van der Waals surface area (Å²) in [5, 5.41) is 0.216. The van der Waals surface area contributed by atoms with Crippen molar-refractivity contribution in [2.45, 2.75) is 0 Å². The monoisotopic (exact) mass is 215 g/mol. The van der Waals surface area contributed by atoms with Gasteiger partial charge in [0.1, 0.15) is 11.5 Å². The molecule has 1 aromatic carbocycles. The van der Waals surface area contributed by atoms with Crippen molar-refractivity contribution in [1.29, 1.82) is 0 Å². The summed E-state index contributed by atoms with van der Waals surface area (Å²) in [6.45, 7) is 0. The van der Waals surface area contributed by atoms with Crippen LogP contribution in [0.25, 0.3) is 0 Å². The largest absolute Gasteiger partial charge is 0.497 e. The van der Waals surface area contributed by atoms with Gasteiger partial charge in [0.2, 0.25) is 0 Å². The van der Waals surface area contributed by atoms with Gasteiger partial charge in [-0.05, 0) is 6.07 Å². The van der Waals surface area contributed by atoms with E-state index < -0.39 is 5.91 Å². The number of carbonyl (C=O) groups excluding carboxylic acids is 1. The lowest BCUT2D eigenvalue weighted by Crippen LogP contribution is -2.13. The van der Waals surface area contributed by atoms with Gasteiger partial charge in [0.05, 0.1) is 24.8 Å². The summed E-state index contributed by atoms with van der Waals surface area (Å²) in [6.07, 6.45) is 0. The topological polar surface area (TPSA) is 61.5 Å². The van der Waals surface area contributed by atoms with E-state index in [0.29, 0.717) is 11.5 Å². The highest BCUT2D eigenvalue weighted by molar-refractivity contribution is 6.34. The summed E-state index contributed by atoms with van der Waals surface area (Å²) in [6, 6.07) is 3.05. The van der Waals surface area contributed by atoms with E-state index in [4.69, 9.17) is 26.8 Å². The van der Waals surface area contributed by atoms with Gasteiger partial charge in [0.15, 0.2) is 0 Å². The molecule has 5 heteroatoms. The fraction of sp³-hybridized carbons (Fsp3) is 0.222. The number of primary amides is 1. The van der Waals surface area contributed by atoms with Gasteiger partial charge in [0.25, 0.3) is 5.91 Å². The summed E-state index contributed by atoms with van der Waals surface area (Å²) in [4.78, 5) is 11.0. The summed E-state index contributed by atoms with van der Waals surface area (Å²) >= 11 is 5.83. The molecule has 1 amide bonds. The van der Waals surface area contributed by atoms with E-state index in [1.165, 1.54) is 20.3 Å². The maximum atomic E-state index is 11.0. The minimum atomic E-state index is -0.630. The molecule has 0 heterocycles. The molecule has 0 bridgehead atoms. The molecular weight excluding hydrogens is 206 g/mol. The molecule has 1 rings (SSSR count). The zero-order valence-corrected chi connectivity index (χ0v) is 8.59. The molecule has 2 N–H and O–H groups in total. The second-order valence-corrected chi connectivity index (χ2v) is 2.96. The first-order valence-corrected chi connectivity index (χ1v) is 4.19. The predicted octanol–water partition coefficient (Wildman–Crippen LogP) is 1.46. The first-order chi connectivity index (χ1) is 6.60. The van der Waals surface area contributed by atoms with Gasteiger partial charge < -0.3 is 15.2 Å². The lowest BCUT2D eigenvalue weighted by molar-refractivity contribution is 0.0997. The molecule has 1 aromatic rings. The number of hydrogen-bond acceptors (Lipinski definition) is 3. The van der Waals surface area contributed by atoms with Gasteiger partial charge in [-0.15, -0.1) is 0 Å². The zero-order valence-electron chi connectivity index (χ0n) is 7.83. The minimum absolute atomic E-state index is 0.162. The first-order valence-electron chi connectivity index (χ1n) is 3.81. The Balaban J connectivity index is 3.34. The summed E-state index contributed by atoms with van der Waals surface area (Å²) in [5.41, 5.74) is 5.30. The van der Waals surface area contributed by atoms with Gasteiger partial charge in [-0.25, -0.2) is 0 Å². The molecule has 0 aliphatic rings. The van der Waals surface area contributed by atoms with Crippen LogP contribution in [0.5, 0.6) is 11.5 Å². The number of halogens is 1. The van der Waals surface area contributed by atoms with E-state index in [0.717, 1.165) is 0 Å². The Kier molecular flexibility index (Phi) is 3.19. The quantitative estimate of drug-likeness (QED) is 0.830. The van der Waals surface area contributed by atoms with E-state index >= 15 is 0 Å². The summed E-state index contributed by atoms with van der Waals surface area (Å²) in [5.74, 6) is 0.188. The molecule has 0 fully saturated rings. The second kappa shape index (κ2) is 4.19. The molecule has 0 saturated heterocycles. The second-order valence-electron chi connectivity index (χ2n) is 2.55. The number of ether oxygens (including phenoxy) is 2. The Hall–Kier alpha value is -1.42. The van der Waals surface area contributed by atoms with Crippen molar-refractivity contribution in [3.8, 4) is 11.5 Å². The highest BCUT2D eigenvalue weighted by Crippen LogP contribution is 2.31. The van der Waals surface area contributed by atoms with Gasteiger partial charge in [-0.1, -0.05) is 11.6 Å². The lowest BCUT2D eigenvalue weighted by Gasteiger charge is -2.09. The normalized spacial score (nSPS) is 9.64. The molecule has 0 aliphatic carbocycles. The van der Waals surface area contributed by atoms with E-state index in [9.17, 15) is 4.79 Å². The van der Waals surface area contributed by atoms with Gasteiger partial charge in [0, 0.05) is 6.07 Å². The Morgan fingerprint density at radius 3 is 2.43 bits per heavy atom. The molecule has 0 spiro atoms. The van der Waals surface area contributed by atoms with Crippen LogP contribution in [0.2, 0.25) is 5.02 Å². The molecule has 14 heavy (non-hydrogen) atoms. The SMILES string of the molecule is COc1cc(Cl)c(C(N)=O)c(OC)c1. The maximum absolute atomic E-state index is 11.0. The van der Waals surface area contributed by atoms with Crippen LogP contribution in [0.4, 0.5) is 0 Å². The fourth-order valence-electron chi connectivity index (χ4n) is 1.08. The van der Waals surface area contributed by atoms with E-state index in [1.54, 1.807) is 6.07 Å². The van der Waals surface area contributed by atoms with Crippen molar-refractivity contribution in [1.82, 2.24) is 0 Å². The van der Waals surface area contributed by atoms with Crippen LogP contribution in [0.1, 0.15) is 10.4 Å². The Morgan fingerprint density at radius 1 is 1.36 bits per heavy atom. The molecule has 0 saturated carbocycles. The van der Waals surface area contributed by atoms with Crippen LogP contribution in [0, 0.1) is 0 Å². The number of methoxy groups -OCH3 is 2. The van der Waals surface area contributed by atoms with E-state index in [2.05, 4.69) is 0 Å². The average Bonchev–Trinajstić information content (AvgIpc) is 2.15. The fourth-order valence-corrected chi connectivity index (χ4v) is 1.37. The number of benzene rings is 1. The first kappa shape index (κ1) is 10.7. The van der Waals surface area contributed by atoms with Gasteiger partial charge >= 0.3 is 0 Å². The molecule has 0 radical (unpaired) electrons. The number of nitrogens with two attached hydrogens (primary N) is 1. The maximum Gasteiger partial charge on any atom is 0.253 e. The number of hydrogen-bond donors (Lipinski definition) is 1. The van der Waals surface area contributed by atoms with Crippen molar-refractivity contribution in [3.63, 3.8) is 0 Å². The third kappa shape index (κ3) is 1.90. The van der Waals surface area contributed by atoms with Crippen molar-refractivity contribution in [2.24, 2.45) is 5.73 Å². The highest BCUT2D eigenvalue weighted by Gasteiger charge is 2.15. The number of rotatable bonds is 3. The van der Waals surface area contributed by atoms with Crippen LogP contribution >= 0.6 is 11.6 Å². The van der Waals surface area contributed by atoms with Crippen molar-refractivity contribution in [2.75, 3.05) is 14.2 Å². The molecule has 0 unspecified atom stereocenters. The van der Waals surface area contributed by atoms with Crippen LogP contribution in [-0.2, 0) is 0 Å². The summed E-state index contributed by atoms with van der Waals surface area (Å²) in [7, 11) is 2.92. The van der Waals surface area contributed by atoms with Crippen LogP contribution in [-0.4, -0.2) is 20.1 Å². The standard InChI is InChI=1S/C9H10ClNO3/c1-13-5-3-6(10)8(9(11)12)7(4-5)14-2/h3-4H,1-2H3,(H2,11,12). The third-order valence-electron chi connectivity index (χ3n) is 1.73. The average molecular weight is 216 g/mol. The predicted molar refractivity (Wildman–Crippen MR) is 53.1 cm³/mol. The minimum Gasteiger partial charge on any atom is -0.497 e. The van der Waals surface area contributed by atoms with Crippen LogP contribution in [0.15, 0.2) is 12.1 Å². The zero-order chi connectivity index (χ0) is 10.7. The summed E-state index contributed by atoms with van der Waals surface area (Å²) < 4.78 is 9.92. The molecule has 0 aromatic heterocycles. The third-order valence-corrected chi connectivity index (χ3v) is 2.03. The highest BCUT2D eigenvalue weighted by atomic mass is 35.5. The lowest BCUT2D eigenvalue weighted by atomic mass is 10.2. The smallest absolute Gasteiger partial charge is 0.253 e. The van der Waals surface area contributed by atoms with Crippen molar-refractivity contribution >= 4 is 17.5 Å². The van der Waals surface area contributed by atoms with E-state index in [1.807, 2.05) is 0 Å². The molecule has 0 atom stereocenters. The Bertz CT molecular complexity index is 365. The number of carbonyl (C=O) groups is 1. The molecule has 0 aliphatic heterocycles. The molecule has 4 nitrogen and oxygen atoms in total. The van der Waals surface area contributed by atoms with Crippen molar-refractivity contribution in [3.05, 3.63) is 22.7 Å². The van der Waals surface area contributed by atoms with Crippen LogP contribution < -0.4 is 15.2 Å². The molecular formula is C9H10ClNO3. The van der Waals surface area contributed by atoms with Gasteiger partial charge in [-0.2, -0.15) is 0 Å². The van der Waals surface area contributed by atoms with E-state index in [-0.39, 0.29) is 10.6 Å². The van der Waals surface area contributed by atoms with Crippen LogP contribution in [0.3, 0.4) is 0 Å². The molecule has 76 valence electrons. The van der Waals surface area contributed by atoms with Gasteiger partial charge in [-0.3, -0.25) is 4.79 Å². The number of amides is 1. The Morgan fingerprint density at radius 2 is 2.00 bits per heavy atom.